The molecule has 0 unspecified atom stereocenters. The molecule has 1 heterocycles. The highest BCUT2D eigenvalue weighted by atomic mass is 32.2. The predicted octanol–water partition coefficient (Wildman–Crippen LogP) is 2.57. The minimum Gasteiger partial charge on any atom is -0.377 e. The normalized spacial score (nSPS) is 11.4. The van der Waals surface area contributed by atoms with Crippen LogP contribution in [0.2, 0.25) is 0 Å². The Labute approximate surface area is 196 Å². The molecule has 0 fully saturated rings. The molecule has 0 radical (unpaired) electrons. The number of carbonyl (C=O) groups excluding carboxylic acids is 2. The van der Waals surface area contributed by atoms with Gasteiger partial charge in [-0.1, -0.05) is 0 Å². The SMILES string of the molecule is CC(=O)Nc1ccc(S(=O)(=O)Nc2ccc(OS(=O)(=O)c3ccc(NC(C)=O)cc3)cn2)cc1. The van der Waals surface area contributed by atoms with Gasteiger partial charge in [0.05, 0.1) is 11.1 Å². The highest BCUT2D eigenvalue weighted by Gasteiger charge is 2.18. The number of hydrogen-bond acceptors (Lipinski definition) is 8. The van der Waals surface area contributed by atoms with Crippen LogP contribution in [-0.2, 0) is 29.7 Å². The van der Waals surface area contributed by atoms with Crippen molar-refractivity contribution in [1.82, 2.24) is 4.98 Å². The van der Waals surface area contributed by atoms with E-state index in [0.29, 0.717) is 11.4 Å². The third-order valence-corrected chi connectivity index (χ3v) is 6.76. The van der Waals surface area contributed by atoms with Crippen molar-refractivity contribution in [2.24, 2.45) is 0 Å². The second kappa shape index (κ2) is 9.89. The Morgan fingerprint density at radius 3 is 1.68 bits per heavy atom. The first-order chi connectivity index (χ1) is 15.9. The molecular formula is C21H20N4O7S2. The second-order valence-corrected chi connectivity index (χ2v) is 10.2. The number of carbonyl (C=O) groups is 2. The van der Waals surface area contributed by atoms with E-state index in [0.717, 1.165) is 6.20 Å². The third-order valence-electron chi connectivity index (χ3n) is 4.13. The predicted molar refractivity (Wildman–Crippen MR) is 124 cm³/mol. The summed E-state index contributed by atoms with van der Waals surface area (Å²) < 4.78 is 57.3. The Kier molecular flexibility index (Phi) is 7.17. The molecule has 2 aromatic carbocycles. The van der Waals surface area contributed by atoms with E-state index < -0.39 is 20.1 Å². The maximum Gasteiger partial charge on any atom is 0.339 e. The fraction of sp³-hybridized carbons (Fsp3) is 0.0952. The minimum absolute atomic E-state index is 0.0599. The van der Waals surface area contributed by atoms with Gasteiger partial charge in [0, 0.05) is 25.2 Å². The van der Waals surface area contributed by atoms with Gasteiger partial charge in [0.2, 0.25) is 11.8 Å². The molecule has 0 spiro atoms. The van der Waals surface area contributed by atoms with Gasteiger partial charge in [0.25, 0.3) is 10.0 Å². The van der Waals surface area contributed by atoms with Crippen molar-refractivity contribution in [2.45, 2.75) is 23.6 Å². The molecule has 178 valence electrons. The maximum atomic E-state index is 12.5. The molecular weight excluding hydrogens is 484 g/mol. The van der Waals surface area contributed by atoms with Crippen LogP contribution in [-0.4, -0.2) is 33.6 Å². The van der Waals surface area contributed by atoms with Gasteiger partial charge in [0.15, 0.2) is 5.75 Å². The smallest absolute Gasteiger partial charge is 0.339 e. The summed E-state index contributed by atoms with van der Waals surface area (Å²) in [6.07, 6.45) is 1.06. The fourth-order valence-electron chi connectivity index (χ4n) is 2.69. The van der Waals surface area contributed by atoms with Crippen LogP contribution < -0.4 is 19.5 Å². The quantitative estimate of drug-likeness (QED) is 0.395. The largest absolute Gasteiger partial charge is 0.377 e. The zero-order chi connectivity index (χ0) is 24.9. The van der Waals surface area contributed by atoms with Crippen LogP contribution in [0.3, 0.4) is 0 Å². The summed E-state index contributed by atoms with van der Waals surface area (Å²) in [6.45, 7) is 2.66. The number of benzene rings is 2. The molecule has 0 saturated heterocycles. The van der Waals surface area contributed by atoms with Crippen molar-refractivity contribution in [2.75, 3.05) is 15.4 Å². The van der Waals surface area contributed by atoms with Crippen LogP contribution in [0.4, 0.5) is 17.2 Å². The summed E-state index contributed by atoms with van der Waals surface area (Å²) in [5.74, 6) is -0.774. The monoisotopic (exact) mass is 504 g/mol. The van der Waals surface area contributed by atoms with E-state index in [1.807, 2.05) is 0 Å². The van der Waals surface area contributed by atoms with Crippen molar-refractivity contribution in [3.05, 3.63) is 66.9 Å². The number of aromatic nitrogens is 1. The molecule has 2 amide bonds. The van der Waals surface area contributed by atoms with Crippen LogP contribution in [0.1, 0.15) is 13.8 Å². The first-order valence-electron chi connectivity index (χ1n) is 9.63. The lowest BCUT2D eigenvalue weighted by molar-refractivity contribution is -0.115. The van der Waals surface area contributed by atoms with Gasteiger partial charge in [-0.25, -0.2) is 13.4 Å². The van der Waals surface area contributed by atoms with Crippen LogP contribution in [0.25, 0.3) is 0 Å². The van der Waals surface area contributed by atoms with Crippen LogP contribution in [0, 0.1) is 0 Å². The summed E-state index contributed by atoms with van der Waals surface area (Å²) in [7, 11) is -8.16. The first kappa shape index (κ1) is 24.7. The van der Waals surface area contributed by atoms with E-state index in [1.54, 1.807) is 0 Å². The second-order valence-electron chi connectivity index (χ2n) is 6.93. The van der Waals surface area contributed by atoms with Crippen molar-refractivity contribution < 1.29 is 30.6 Å². The number of pyridine rings is 1. The van der Waals surface area contributed by atoms with Gasteiger partial charge in [0.1, 0.15) is 10.7 Å². The molecule has 34 heavy (non-hydrogen) atoms. The molecule has 0 atom stereocenters. The summed E-state index contributed by atoms with van der Waals surface area (Å²) in [5.41, 5.74) is 0.867. The number of nitrogens with zero attached hydrogens (tertiary/aromatic N) is 1. The van der Waals surface area contributed by atoms with E-state index in [-0.39, 0.29) is 33.2 Å². The van der Waals surface area contributed by atoms with Crippen LogP contribution in [0.15, 0.2) is 76.7 Å². The number of nitrogens with one attached hydrogen (secondary N) is 3. The van der Waals surface area contributed by atoms with E-state index in [1.165, 1.54) is 74.5 Å². The molecule has 0 saturated carbocycles. The highest BCUT2D eigenvalue weighted by Crippen LogP contribution is 2.22. The van der Waals surface area contributed by atoms with Crippen molar-refractivity contribution in [3.63, 3.8) is 0 Å². The lowest BCUT2D eigenvalue weighted by atomic mass is 10.3. The zero-order valence-corrected chi connectivity index (χ0v) is 19.6. The molecule has 0 aliphatic carbocycles. The average Bonchev–Trinajstić information content (AvgIpc) is 2.75. The lowest BCUT2D eigenvalue weighted by Crippen LogP contribution is -2.14. The first-order valence-corrected chi connectivity index (χ1v) is 12.5. The molecule has 11 nitrogen and oxygen atoms in total. The molecule has 3 N–H and O–H groups in total. The van der Waals surface area contributed by atoms with Crippen LogP contribution in [0.5, 0.6) is 5.75 Å². The lowest BCUT2D eigenvalue weighted by Gasteiger charge is -2.10. The van der Waals surface area contributed by atoms with Crippen molar-refractivity contribution in [1.29, 1.82) is 0 Å². The Balaban J connectivity index is 1.68. The molecule has 0 aliphatic rings. The Hall–Kier alpha value is -3.97. The summed E-state index contributed by atoms with van der Waals surface area (Å²) in [5, 5.41) is 5.06. The topological polar surface area (TPSA) is 161 Å². The molecule has 0 bridgehead atoms. The fourth-order valence-corrected chi connectivity index (χ4v) is 4.62. The Morgan fingerprint density at radius 1 is 0.735 bits per heavy atom. The number of hydrogen-bond donors (Lipinski definition) is 3. The highest BCUT2D eigenvalue weighted by molar-refractivity contribution is 7.92. The van der Waals surface area contributed by atoms with Gasteiger partial charge in [-0.05, 0) is 60.7 Å². The van der Waals surface area contributed by atoms with E-state index in [9.17, 15) is 26.4 Å². The Morgan fingerprint density at radius 2 is 1.24 bits per heavy atom. The number of rotatable bonds is 8. The van der Waals surface area contributed by atoms with Crippen molar-refractivity contribution in [3.8, 4) is 5.75 Å². The molecule has 13 heteroatoms. The zero-order valence-electron chi connectivity index (χ0n) is 18.0. The number of amides is 2. The minimum atomic E-state index is -4.18. The van der Waals surface area contributed by atoms with E-state index in [2.05, 4.69) is 20.3 Å². The van der Waals surface area contributed by atoms with Gasteiger partial charge < -0.3 is 14.8 Å². The molecule has 0 aliphatic heterocycles. The van der Waals surface area contributed by atoms with E-state index >= 15 is 0 Å². The van der Waals surface area contributed by atoms with E-state index in [4.69, 9.17) is 4.18 Å². The van der Waals surface area contributed by atoms with Gasteiger partial charge in [-0.15, -0.1) is 0 Å². The molecule has 3 rings (SSSR count). The summed E-state index contributed by atoms with van der Waals surface area (Å²) in [6, 6.07) is 13.4. The molecule has 3 aromatic rings. The number of anilines is 3. The van der Waals surface area contributed by atoms with Crippen LogP contribution >= 0.6 is 0 Å². The van der Waals surface area contributed by atoms with Crippen molar-refractivity contribution >= 4 is 49.1 Å². The van der Waals surface area contributed by atoms with Gasteiger partial charge >= 0.3 is 10.1 Å². The summed E-state index contributed by atoms with van der Waals surface area (Å²) in [4.78, 5) is 25.8. The maximum absolute atomic E-state index is 12.5. The van der Waals surface area contributed by atoms with Gasteiger partial charge in [-0.3, -0.25) is 14.3 Å². The number of sulfonamides is 1. The average molecular weight is 505 g/mol. The standard InChI is InChI=1S/C21H20N4O7S2/c1-14(26)23-16-3-8-19(9-4-16)33(28,29)25-21-12-7-18(13-22-21)32-34(30,31)20-10-5-17(6-11-20)24-15(2)27/h3-13H,1-2H3,(H,22,25)(H,23,26)(H,24,27). The third kappa shape index (κ3) is 6.52. The summed E-state index contributed by atoms with van der Waals surface area (Å²) >= 11 is 0. The molecule has 1 aromatic heterocycles. The Bertz CT molecular complexity index is 1290. The van der Waals surface area contributed by atoms with Gasteiger partial charge in [-0.2, -0.15) is 8.42 Å².